The first-order valence-electron chi connectivity index (χ1n) is 12.8. The maximum Gasteiger partial charge on any atom is 0.155 e. The van der Waals surface area contributed by atoms with Crippen LogP contribution in [0.1, 0.15) is 130 Å². The molecule has 0 aliphatic rings. The number of nitrogens with one attached hydrogen (secondary N) is 2. The van der Waals surface area contributed by atoms with Crippen LogP contribution in [0.25, 0.3) is 0 Å². The molecule has 0 aromatic carbocycles. The van der Waals surface area contributed by atoms with Gasteiger partial charge in [0.25, 0.3) is 0 Å². The van der Waals surface area contributed by atoms with Gasteiger partial charge < -0.3 is 10.6 Å². The number of Topliss-reactive ketones (excluding diaryl/α,β-unsaturated/α-hetero) is 2. The normalized spacial score (nSPS) is 16.5. The summed E-state index contributed by atoms with van der Waals surface area (Å²) in [5.41, 5.74) is -1.20. The van der Waals surface area contributed by atoms with E-state index >= 15 is 0 Å². The molecule has 0 rings (SSSR count). The molecule has 33 heavy (non-hydrogen) atoms. The van der Waals surface area contributed by atoms with E-state index in [-0.39, 0.29) is 45.6 Å². The average Bonchev–Trinajstić information content (AvgIpc) is 2.45. The Labute approximate surface area is 206 Å². The number of carbonyl (C=O) groups excluding carboxylic acids is 2. The summed E-state index contributed by atoms with van der Waals surface area (Å²) in [5.74, 6) is 0.525. The first-order valence-corrected chi connectivity index (χ1v) is 12.8. The van der Waals surface area contributed by atoms with Gasteiger partial charge in [-0.05, 0) is 71.6 Å². The van der Waals surface area contributed by atoms with Crippen molar-refractivity contribution in [1.29, 1.82) is 0 Å². The second kappa shape index (κ2) is 10.5. The minimum atomic E-state index is -0.393. The molecule has 2 atom stereocenters. The summed E-state index contributed by atoms with van der Waals surface area (Å²) < 4.78 is 0. The molecule has 0 aliphatic carbocycles. The Morgan fingerprint density at radius 3 is 0.939 bits per heavy atom. The second-order valence-corrected chi connectivity index (χ2v) is 16.0. The minimum absolute atomic E-state index is 0.0651. The van der Waals surface area contributed by atoms with Gasteiger partial charge in [-0.25, -0.2) is 0 Å². The Hall–Kier alpha value is -0.740. The molecule has 0 heterocycles. The smallest absolute Gasteiger partial charge is 0.155 e. The third-order valence-corrected chi connectivity index (χ3v) is 5.80. The van der Waals surface area contributed by atoms with E-state index in [0.29, 0.717) is 0 Å². The molecule has 0 aromatic heterocycles. The molecular formula is C29H58N2O2. The number of carbonyl (C=O) groups is 2. The van der Waals surface area contributed by atoms with Gasteiger partial charge in [-0.1, -0.05) is 69.2 Å². The lowest BCUT2D eigenvalue weighted by Gasteiger charge is -2.42. The van der Waals surface area contributed by atoms with Gasteiger partial charge in [-0.15, -0.1) is 0 Å². The van der Waals surface area contributed by atoms with Crippen molar-refractivity contribution >= 4 is 11.6 Å². The summed E-state index contributed by atoms with van der Waals surface area (Å²) in [6.07, 6.45) is 2.47. The van der Waals surface area contributed by atoms with Crippen molar-refractivity contribution in [2.24, 2.45) is 21.7 Å². The Balaban J connectivity index is 5.77. The van der Waals surface area contributed by atoms with E-state index in [0.717, 1.165) is 19.3 Å². The molecule has 196 valence electrons. The van der Waals surface area contributed by atoms with Gasteiger partial charge in [0, 0.05) is 21.9 Å². The highest BCUT2D eigenvalue weighted by Crippen LogP contribution is 2.41. The molecule has 4 nitrogen and oxygen atoms in total. The molecule has 0 spiro atoms. The van der Waals surface area contributed by atoms with Gasteiger partial charge >= 0.3 is 0 Å². The summed E-state index contributed by atoms with van der Waals surface area (Å²) in [6, 6.07) is -0.397. The van der Waals surface area contributed by atoms with Crippen molar-refractivity contribution in [2.45, 2.75) is 153 Å². The third kappa shape index (κ3) is 13.1. The van der Waals surface area contributed by atoms with Crippen LogP contribution in [-0.4, -0.2) is 34.7 Å². The van der Waals surface area contributed by atoms with Crippen LogP contribution < -0.4 is 10.6 Å². The maximum absolute atomic E-state index is 13.3. The van der Waals surface area contributed by atoms with Gasteiger partial charge in [0.1, 0.15) is 0 Å². The fourth-order valence-corrected chi connectivity index (χ4v) is 5.05. The van der Waals surface area contributed by atoms with Crippen molar-refractivity contribution in [2.75, 3.05) is 0 Å². The van der Waals surface area contributed by atoms with Gasteiger partial charge in [-0.2, -0.15) is 0 Å². The summed E-state index contributed by atoms with van der Waals surface area (Å²) in [4.78, 5) is 26.6. The maximum atomic E-state index is 13.3. The van der Waals surface area contributed by atoms with Crippen molar-refractivity contribution in [3.8, 4) is 0 Å². The summed E-state index contributed by atoms with van der Waals surface area (Å²) in [7, 11) is 0. The Bertz CT molecular complexity index is 604. The molecule has 2 N–H and O–H groups in total. The third-order valence-electron chi connectivity index (χ3n) is 5.80. The van der Waals surface area contributed by atoms with Crippen LogP contribution in [0.5, 0.6) is 0 Å². The Kier molecular flexibility index (Phi) is 10.2. The topological polar surface area (TPSA) is 58.2 Å². The molecule has 0 fully saturated rings. The molecule has 4 heteroatoms. The quantitative estimate of drug-likeness (QED) is 0.365. The van der Waals surface area contributed by atoms with E-state index < -0.39 is 10.8 Å². The zero-order chi connectivity index (χ0) is 26.8. The SMILES string of the molecule is CC(C)(CC(NC(C)(C)C)C(=O)C(C)(C)C)CC(C)(C)CC(NC(C)(C)C)C(=O)C(C)(C)C. The molecular weight excluding hydrogens is 408 g/mol. The van der Waals surface area contributed by atoms with E-state index in [1.54, 1.807) is 0 Å². The second-order valence-electron chi connectivity index (χ2n) is 16.0. The lowest BCUT2D eigenvalue weighted by atomic mass is 9.67. The van der Waals surface area contributed by atoms with Gasteiger partial charge in [-0.3, -0.25) is 9.59 Å². The molecule has 0 bridgehead atoms. The predicted octanol–water partition coefficient (Wildman–Crippen LogP) is 6.95. The van der Waals surface area contributed by atoms with Crippen LogP contribution in [0, 0.1) is 21.7 Å². The van der Waals surface area contributed by atoms with E-state index in [4.69, 9.17) is 0 Å². The van der Waals surface area contributed by atoms with Crippen LogP contribution in [-0.2, 0) is 9.59 Å². The lowest BCUT2D eigenvalue weighted by Crippen LogP contribution is -2.53. The standard InChI is InChI=1S/C29H58N2O2/c1-24(2,3)22(32)20(30-26(7,8)9)17-28(13,14)19-29(15,16)18-21(31-27(10,11)12)23(33)25(4,5)6/h20-21,30-31H,17-19H2,1-16H3. The molecule has 0 saturated carbocycles. The van der Waals surface area contributed by atoms with Crippen molar-refractivity contribution in [3.63, 3.8) is 0 Å². The average molecular weight is 467 g/mol. The monoisotopic (exact) mass is 466 g/mol. The first kappa shape index (κ1) is 32.3. The highest BCUT2D eigenvalue weighted by Gasteiger charge is 2.40. The highest BCUT2D eigenvalue weighted by atomic mass is 16.1. The molecule has 0 radical (unpaired) electrons. The fraction of sp³-hybridized carbons (Fsp3) is 0.931. The van der Waals surface area contributed by atoms with Crippen LogP contribution in [0.2, 0.25) is 0 Å². The van der Waals surface area contributed by atoms with Crippen molar-refractivity contribution in [1.82, 2.24) is 10.6 Å². The van der Waals surface area contributed by atoms with Gasteiger partial charge in [0.2, 0.25) is 0 Å². The largest absolute Gasteiger partial charge is 0.303 e. The molecule has 0 amide bonds. The van der Waals surface area contributed by atoms with Crippen LogP contribution in [0.15, 0.2) is 0 Å². The van der Waals surface area contributed by atoms with E-state index in [1.165, 1.54) is 0 Å². The Morgan fingerprint density at radius 2 is 0.758 bits per heavy atom. The zero-order valence-electron chi connectivity index (χ0n) is 25.1. The summed E-state index contributed by atoms with van der Waals surface area (Å²) in [5, 5.41) is 7.20. The zero-order valence-corrected chi connectivity index (χ0v) is 25.1. The Morgan fingerprint density at radius 1 is 0.515 bits per heavy atom. The molecule has 0 aliphatic heterocycles. The highest BCUT2D eigenvalue weighted by molar-refractivity contribution is 5.89. The van der Waals surface area contributed by atoms with Crippen LogP contribution >= 0.6 is 0 Å². The lowest BCUT2D eigenvalue weighted by molar-refractivity contribution is -0.130. The fourth-order valence-electron chi connectivity index (χ4n) is 5.05. The minimum Gasteiger partial charge on any atom is -0.303 e. The van der Waals surface area contributed by atoms with Gasteiger partial charge in [0.05, 0.1) is 12.1 Å². The number of ketones is 2. The van der Waals surface area contributed by atoms with Crippen molar-refractivity contribution < 1.29 is 9.59 Å². The number of hydrogen-bond donors (Lipinski definition) is 2. The van der Waals surface area contributed by atoms with E-state index in [9.17, 15) is 9.59 Å². The van der Waals surface area contributed by atoms with E-state index in [2.05, 4.69) is 79.9 Å². The van der Waals surface area contributed by atoms with Crippen LogP contribution in [0.3, 0.4) is 0 Å². The molecule has 0 aromatic rings. The molecule has 2 unspecified atom stereocenters. The van der Waals surface area contributed by atoms with Gasteiger partial charge in [0.15, 0.2) is 11.6 Å². The number of hydrogen-bond acceptors (Lipinski definition) is 4. The van der Waals surface area contributed by atoms with E-state index in [1.807, 2.05) is 41.5 Å². The predicted molar refractivity (Wildman–Crippen MR) is 144 cm³/mol. The number of rotatable bonds is 10. The molecule has 0 saturated heterocycles. The van der Waals surface area contributed by atoms with Crippen LogP contribution in [0.4, 0.5) is 0 Å². The summed E-state index contributed by atoms with van der Waals surface area (Å²) in [6.45, 7) is 33.8. The van der Waals surface area contributed by atoms with Crippen molar-refractivity contribution in [3.05, 3.63) is 0 Å². The summed E-state index contributed by atoms with van der Waals surface area (Å²) >= 11 is 0. The first-order chi connectivity index (χ1) is 14.2.